The van der Waals surface area contributed by atoms with Crippen LogP contribution < -0.4 is 0 Å². The fraction of sp³-hybridized carbons (Fsp3) is 0.949. The first-order chi connectivity index (χ1) is 47.2. The second-order valence-corrected chi connectivity index (χ2v) is 32.3. The number of phosphoric ester groups is 2. The topological polar surface area (TPSA) is 237 Å². The highest BCUT2D eigenvalue weighted by molar-refractivity contribution is 7.47. The Morgan fingerprint density at radius 2 is 0.459 bits per heavy atom. The first kappa shape index (κ1) is 96.1. The van der Waals surface area contributed by atoms with Gasteiger partial charge in [-0.25, -0.2) is 9.13 Å². The van der Waals surface area contributed by atoms with Crippen LogP contribution in [0.25, 0.3) is 0 Å². The van der Waals surface area contributed by atoms with E-state index in [1.165, 1.54) is 199 Å². The highest BCUT2D eigenvalue weighted by Crippen LogP contribution is 2.45. The molecule has 3 N–H and O–H groups in total. The number of carbonyl (C=O) groups is 4. The molecular weight excluding hydrogens is 1280 g/mol. The Labute approximate surface area is 600 Å². The van der Waals surface area contributed by atoms with Gasteiger partial charge in [-0.1, -0.05) is 351 Å². The molecule has 19 heteroatoms. The smallest absolute Gasteiger partial charge is 0.462 e. The maximum Gasteiger partial charge on any atom is 0.472 e. The summed E-state index contributed by atoms with van der Waals surface area (Å²) < 4.78 is 68.6. The van der Waals surface area contributed by atoms with Gasteiger partial charge in [0.15, 0.2) is 12.2 Å². The molecule has 17 nitrogen and oxygen atoms in total. The summed E-state index contributed by atoms with van der Waals surface area (Å²) in [5.41, 5.74) is 0. The number of esters is 4. The van der Waals surface area contributed by atoms with Crippen LogP contribution >= 0.6 is 15.6 Å². The van der Waals surface area contributed by atoms with E-state index < -0.39 is 97.5 Å². The first-order valence-corrected chi connectivity index (χ1v) is 43.8. The molecule has 6 unspecified atom stereocenters. The molecule has 0 radical (unpaired) electrons. The molecule has 0 heterocycles. The van der Waals surface area contributed by atoms with Crippen LogP contribution in [0.1, 0.15) is 402 Å². The predicted octanol–water partition coefficient (Wildman–Crippen LogP) is 23.2. The van der Waals surface area contributed by atoms with Crippen molar-refractivity contribution in [1.82, 2.24) is 0 Å². The third-order valence-corrected chi connectivity index (χ3v) is 21.7. The van der Waals surface area contributed by atoms with Gasteiger partial charge < -0.3 is 33.8 Å². The number of rotatable bonds is 76. The Morgan fingerprint density at radius 3 is 0.673 bits per heavy atom. The number of hydrogen-bond donors (Lipinski definition) is 3. The summed E-state index contributed by atoms with van der Waals surface area (Å²) in [6.45, 7) is 14.3. The van der Waals surface area contributed by atoms with Gasteiger partial charge in [0.2, 0.25) is 0 Å². The number of carbonyl (C=O) groups excluding carboxylic acids is 4. The molecule has 0 spiro atoms. The van der Waals surface area contributed by atoms with Crippen molar-refractivity contribution in [2.75, 3.05) is 39.6 Å². The molecule has 0 aliphatic carbocycles. The SMILES string of the molecule is CCC(C)CCCCCCCCCCCCCCCCCCCCC(=O)OC[C@H](COP(=O)(O)OC[C@@H](O)COP(=O)(O)OC[C@@H](COC(=O)CCCCCCCCC(C)CC)OC(=O)CCCCCCCCCCC(C)CC)OC(=O)CCCCCCCCCCCCC(C)CC. The van der Waals surface area contributed by atoms with E-state index in [0.717, 1.165) is 120 Å². The molecule has 582 valence electrons. The molecule has 0 aliphatic rings. The van der Waals surface area contributed by atoms with Crippen molar-refractivity contribution in [1.29, 1.82) is 0 Å². The monoisotopic (exact) mass is 1440 g/mol. The third kappa shape index (κ3) is 67.2. The molecular formula is C79H154O17P2. The van der Waals surface area contributed by atoms with Crippen LogP contribution in [0.15, 0.2) is 0 Å². The van der Waals surface area contributed by atoms with E-state index in [1.54, 1.807) is 0 Å². The van der Waals surface area contributed by atoms with Gasteiger partial charge in [-0.05, 0) is 49.4 Å². The van der Waals surface area contributed by atoms with E-state index in [-0.39, 0.29) is 25.7 Å². The fourth-order valence-corrected chi connectivity index (χ4v) is 13.5. The number of phosphoric acid groups is 2. The Hall–Kier alpha value is -1.94. The van der Waals surface area contributed by atoms with Gasteiger partial charge in [-0.2, -0.15) is 0 Å². The lowest BCUT2D eigenvalue weighted by Crippen LogP contribution is -2.30. The van der Waals surface area contributed by atoms with Crippen LogP contribution in [0.3, 0.4) is 0 Å². The molecule has 0 fully saturated rings. The number of hydrogen-bond acceptors (Lipinski definition) is 15. The lowest BCUT2D eigenvalue weighted by molar-refractivity contribution is -0.161. The lowest BCUT2D eigenvalue weighted by Gasteiger charge is -2.21. The van der Waals surface area contributed by atoms with E-state index in [4.69, 9.17) is 37.0 Å². The molecule has 0 saturated heterocycles. The molecule has 0 aromatic heterocycles. The minimum atomic E-state index is -4.96. The average molecular weight is 1440 g/mol. The predicted molar refractivity (Wildman–Crippen MR) is 400 cm³/mol. The van der Waals surface area contributed by atoms with Gasteiger partial charge in [-0.15, -0.1) is 0 Å². The zero-order valence-corrected chi connectivity index (χ0v) is 66.2. The second-order valence-electron chi connectivity index (χ2n) is 29.4. The molecule has 9 atom stereocenters. The highest BCUT2D eigenvalue weighted by Gasteiger charge is 2.30. The van der Waals surface area contributed by atoms with Crippen LogP contribution in [0.5, 0.6) is 0 Å². The van der Waals surface area contributed by atoms with Gasteiger partial charge in [0.05, 0.1) is 26.4 Å². The average Bonchev–Trinajstić information content (AvgIpc) is 0.975. The first-order valence-electron chi connectivity index (χ1n) is 40.9. The molecule has 0 amide bonds. The van der Waals surface area contributed by atoms with Crippen molar-refractivity contribution < 1.29 is 80.2 Å². The fourth-order valence-electron chi connectivity index (χ4n) is 12.0. The van der Waals surface area contributed by atoms with Crippen LogP contribution in [0.2, 0.25) is 0 Å². The van der Waals surface area contributed by atoms with E-state index >= 15 is 0 Å². The van der Waals surface area contributed by atoms with E-state index in [9.17, 15) is 43.2 Å². The van der Waals surface area contributed by atoms with Crippen molar-refractivity contribution in [3.8, 4) is 0 Å². The summed E-state index contributed by atoms with van der Waals surface area (Å²) in [5.74, 6) is 1.06. The summed E-state index contributed by atoms with van der Waals surface area (Å²) in [4.78, 5) is 72.9. The number of unbranched alkanes of at least 4 members (excludes halogenated alkanes) is 38. The summed E-state index contributed by atoms with van der Waals surface area (Å²) in [6.07, 6.45) is 54.1. The molecule has 0 bridgehead atoms. The van der Waals surface area contributed by atoms with Crippen molar-refractivity contribution in [3.63, 3.8) is 0 Å². The zero-order valence-electron chi connectivity index (χ0n) is 64.4. The van der Waals surface area contributed by atoms with Gasteiger partial charge >= 0.3 is 39.5 Å². The third-order valence-electron chi connectivity index (χ3n) is 19.8. The number of ether oxygens (including phenoxy) is 4. The van der Waals surface area contributed by atoms with Crippen LogP contribution in [0.4, 0.5) is 0 Å². The summed E-state index contributed by atoms with van der Waals surface area (Å²) in [6, 6.07) is 0. The van der Waals surface area contributed by atoms with Gasteiger partial charge in [0, 0.05) is 25.7 Å². The molecule has 0 saturated carbocycles. The molecule has 98 heavy (non-hydrogen) atoms. The van der Waals surface area contributed by atoms with Crippen molar-refractivity contribution in [2.45, 2.75) is 420 Å². The summed E-state index contributed by atoms with van der Waals surface area (Å²) >= 11 is 0. The quantitative estimate of drug-likeness (QED) is 0.0222. The van der Waals surface area contributed by atoms with E-state index in [0.29, 0.717) is 25.7 Å². The summed E-state index contributed by atoms with van der Waals surface area (Å²) in [7, 11) is -9.92. The standard InChI is InChI=1S/C79H154O17P2/c1-9-69(5)55-47-39-31-25-21-19-17-15-13-14-16-18-20-22-27-34-43-51-59-76(81)89-65-74(95-78(83)61-53-45-35-28-24-23-26-32-40-48-56-70(6)10-2)67-93-97(85,86)91-63-73(80)64-92-98(87,88)94-68-75(66-90-77(82)60-52-44-38-37-42-50-58-72(8)12-4)96-79(84)62-54-46-36-30-29-33-41-49-57-71(7)11-3/h69-75,80H,9-68H2,1-8H3,(H,85,86)(H,87,88)/t69?,70?,71?,72?,73-,74-,75-/m1/s1. The normalized spacial score (nSPS) is 15.2. The van der Waals surface area contributed by atoms with Crippen molar-refractivity contribution in [2.24, 2.45) is 23.7 Å². The van der Waals surface area contributed by atoms with Crippen LogP contribution in [0, 0.1) is 23.7 Å². The number of aliphatic hydroxyl groups excluding tert-OH is 1. The van der Waals surface area contributed by atoms with Crippen molar-refractivity contribution >= 4 is 39.5 Å². The van der Waals surface area contributed by atoms with Gasteiger partial charge in [0.1, 0.15) is 19.3 Å². The Balaban J connectivity index is 5.20. The largest absolute Gasteiger partial charge is 0.472 e. The van der Waals surface area contributed by atoms with E-state index in [1.807, 2.05) is 0 Å². The lowest BCUT2D eigenvalue weighted by atomic mass is 9.99. The molecule has 0 rings (SSSR count). The van der Waals surface area contributed by atoms with Crippen molar-refractivity contribution in [3.05, 3.63) is 0 Å². The van der Waals surface area contributed by atoms with Crippen LogP contribution in [-0.4, -0.2) is 96.7 Å². The highest BCUT2D eigenvalue weighted by atomic mass is 31.2. The minimum absolute atomic E-state index is 0.104. The Bertz CT molecular complexity index is 1930. The minimum Gasteiger partial charge on any atom is -0.462 e. The Kier molecular flexibility index (Phi) is 66.8. The Morgan fingerprint density at radius 1 is 0.276 bits per heavy atom. The van der Waals surface area contributed by atoms with Gasteiger partial charge in [-0.3, -0.25) is 37.3 Å². The van der Waals surface area contributed by atoms with Gasteiger partial charge in [0.25, 0.3) is 0 Å². The molecule has 0 aliphatic heterocycles. The maximum atomic E-state index is 13.1. The van der Waals surface area contributed by atoms with E-state index in [2.05, 4.69) is 55.4 Å². The number of aliphatic hydroxyl groups is 1. The molecule has 0 aromatic carbocycles. The maximum absolute atomic E-state index is 13.1. The van der Waals surface area contributed by atoms with Crippen LogP contribution in [-0.2, 0) is 65.4 Å². The second kappa shape index (κ2) is 68.2. The zero-order chi connectivity index (χ0) is 72.4. The molecule has 0 aromatic rings. The summed E-state index contributed by atoms with van der Waals surface area (Å²) in [5, 5.41) is 10.6.